The van der Waals surface area contributed by atoms with Gasteiger partial charge in [0.25, 0.3) is 0 Å². The summed E-state index contributed by atoms with van der Waals surface area (Å²) >= 11 is 1.15. The average molecular weight is 405 g/mol. The van der Waals surface area contributed by atoms with Gasteiger partial charge in [0.1, 0.15) is 11.6 Å². The molecule has 0 saturated carbocycles. The van der Waals surface area contributed by atoms with Gasteiger partial charge in [-0.25, -0.2) is 9.97 Å². The maximum Gasteiger partial charge on any atom is 0.318 e. The lowest BCUT2D eigenvalue weighted by molar-refractivity contribution is -0.114. The summed E-state index contributed by atoms with van der Waals surface area (Å²) in [6.45, 7) is 4.48. The summed E-state index contributed by atoms with van der Waals surface area (Å²) in [7, 11) is 1.87. The van der Waals surface area contributed by atoms with Crippen LogP contribution in [-0.2, 0) is 18.4 Å². The van der Waals surface area contributed by atoms with Crippen LogP contribution >= 0.6 is 11.3 Å². The van der Waals surface area contributed by atoms with E-state index in [-0.39, 0.29) is 23.2 Å². The van der Waals surface area contributed by atoms with Gasteiger partial charge in [0.05, 0.1) is 17.4 Å². The van der Waals surface area contributed by atoms with Crippen molar-refractivity contribution in [2.45, 2.75) is 39.0 Å². The number of thiazole rings is 1. The summed E-state index contributed by atoms with van der Waals surface area (Å²) in [5.74, 6) is -0.816. The fourth-order valence-corrected chi connectivity index (χ4v) is 4.20. The lowest BCUT2D eigenvalue weighted by atomic mass is 10.2. The molecule has 1 N–H and O–H groups in total. The van der Waals surface area contributed by atoms with Gasteiger partial charge in [-0.2, -0.15) is 14.4 Å². The lowest BCUT2D eigenvalue weighted by Crippen LogP contribution is -2.28. The van der Waals surface area contributed by atoms with Crippen molar-refractivity contribution in [3.05, 3.63) is 23.3 Å². The zero-order valence-electron chi connectivity index (χ0n) is 15.7. The smallest absolute Gasteiger partial charge is 0.318 e. The molecule has 1 amide bonds. The van der Waals surface area contributed by atoms with E-state index in [4.69, 9.17) is 4.74 Å². The number of carbonyl (C=O) groups is 1. The summed E-state index contributed by atoms with van der Waals surface area (Å²) in [4.78, 5) is 30.4. The third-order valence-electron chi connectivity index (χ3n) is 4.65. The van der Waals surface area contributed by atoms with Gasteiger partial charge in [-0.1, -0.05) is 11.3 Å². The Morgan fingerprint density at radius 1 is 1.43 bits per heavy atom. The number of aromatic nitrogens is 5. The second-order valence-corrected chi connectivity index (χ2v) is 7.97. The zero-order valence-corrected chi connectivity index (χ0v) is 16.5. The number of imidazole rings is 1. The molecule has 1 aliphatic rings. The third kappa shape index (κ3) is 3.80. The number of aryl methyl sites for hydroxylation is 1. The first kappa shape index (κ1) is 18.7. The first-order valence-corrected chi connectivity index (χ1v) is 9.68. The van der Waals surface area contributed by atoms with E-state index in [1.807, 2.05) is 11.6 Å². The van der Waals surface area contributed by atoms with Crippen molar-refractivity contribution in [3.63, 3.8) is 0 Å². The third-order valence-corrected chi connectivity index (χ3v) is 5.58. The van der Waals surface area contributed by atoms with E-state index in [0.717, 1.165) is 17.8 Å². The molecule has 2 atom stereocenters. The molecule has 0 radical (unpaired) electrons. The Kier molecular flexibility index (Phi) is 4.94. The second-order valence-electron chi connectivity index (χ2n) is 6.89. The first-order valence-electron chi connectivity index (χ1n) is 8.86. The molecule has 0 aliphatic carbocycles. The lowest BCUT2D eigenvalue weighted by Gasteiger charge is -2.19. The van der Waals surface area contributed by atoms with Gasteiger partial charge >= 0.3 is 6.01 Å². The number of nitrogens with zero attached hydrogens (tertiary/aromatic N) is 6. The number of rotatable bonds is 5. The molecule has 1 saturated heterocycles. The van der Waals surface area contributed by atoms with Crippen LogP contribution in [-0.4, -0.2) is 54.0 Å². The van der Waals surface area contributed by atoms with Crippen LogP contribution in [0, 0.1) is 5.95 Å². The van der Waals surface area contributed by atoms with E-state index in [9.17, 15) is 9.18 Å². The molecule has 3 aromatic heterocycles. The summed E-state index contributed by atoms with van der Waals surface area (Å²) in [6, 6.07) is 0.517. The topological polar surface area (TPSA) is 98.1 Å². The summed E-state index contributed by atoms with van der Waals surface area (Å²) < 4.78 is 21.9. The molecule has 1 fully saturated rings. The maximum atomic E-state index is 14.1. The number of ether oxygens (including phenoxy) is 1. The van der Waals surface area contributed by atoms with Crippen LogP contribution in [0.1, 0.15) is 25.1 Å². The number of nitrogens with one attached hydrogen (secondary N) is 1. The Morgan fingerprint density at radius 2 is 2.25 bits per heavy atom. The Morgan fingerprint density at radius 3 is 3.04 bits per heavy atom. The van der Waals surface area contributed by atoms with Gasteiger partial charge in [0.2, 0.25) is 11.9 Å². The quantitative estimate of drug-likeness (QED) is 0.693. The van der Waals surface area contributed by atoms with Crippen LogP contribution in [0.25, 0.3) is 11.2 Å². The van der Waals surface area contributed by atoms with Gasteiger partial charge in [-0.15, -0.1) is 0 Å². The molecule has 28 heavy (non-hydrogen) atoms. The highest BCUT2D eigenvalue weighted by molar-refractivity contribution is 7.15. The molecule has 3 aromatic rings. The predicted molar refractivity (Wildman–Crippen MR) is 102 cm³/mol. The van der Waals surface area contributed by atoms with Crippen molar-refractivity contribution in [1.29, 1.82) is 0 Å². The van der Waals surface area contributed by atoms with Crippen LogP contribution in [0.15, 0.2) is 12.5 Å². The summed E-state index contributed by atoms with van der Waals surface area (Å²) in [5.41, 5.74) is 1.43. The largest absolute Gasteiger partial charge is 0.459 e. The normalized spacial score (nSPS) is 20.0. The van der Waals surface area contributed by atoms with Crippen LogP contribution in [0.3, 0.4) is 0 Å². The van der Waals surface area contributed by atoms with Gasteiger partial charge < -0.3 is 14.6 Å². The number of amides is 1. The van der Waals surface area contributed by atoms with E-state index in [0.29, 0.717) is 35.1 Å². The highest BCUT2D eigenvalue weighted by atomic mass is 32.1. The Balaban J connectivity index is 1.42. The SMILES string of the molecule is CC(=O)Nc1nc(F)c(CN2C[C@H](Oc3ncc4ncn(C)c4n3)C[C@@H]2C)s1. The minimum absolute atomic E-state index is 0.0912. The van der Waals surface area contributed by atoms with Gasteiger partial charge in [0, 0.05) is 39.5 Å². The number of hydrogen-bond acceptors (Lipinski definition) is 8. The van der Waals surface area contributed by atoms with Crippen LogP contribution in [0.4, 0.5) is 9.52 Å². The highest BCUT2D eigenvalue weighted by Crippen LogP contribution is 2.28. The number of hydrogen-bond donors (Lipinski definition) is 1. The van der Waals surface area contributed by atoms with Crippen LogP contribution in [0.2, 0.25) is 0 Å². The minimum Gasteiger partial charge on any atom is -0.459 e. The van der Waals surface area contributed by atoms with Gasteiger partial charge in [-0.05, 0) is 6.92 Å². The van der Waals surface area contributed by atoms with E-state index >= 15 is 0 Å². The van der Waals surface area contributed by atoms with Crippen molar-refractivity contribution in [2.24, 2.45) is 7.05 Å². The number of fused-ring (bicyclic) bond motifs is 1. The average Bonchev–Trinajstić information content (AvgIpc) is 3.27. The van der Waals surface area contributed by atoms with Crippen molar-refractivity contribution >= 4 is 33.5 Å². The molecule has 0 bridgehead atoms. The molecule has 148 valence electrons. The van der Waals surface area contributed by atoms with E-state index < -0.39 is 5.95 Å². The molecule has 0 unspecified atom stereocenters. The fourth-order valence-electron chi connectivity index (χ4n) is 3.28. The number of carbonyl (C=O) groups excluding carboxylic acids is 1. The summed E-state index contributed by atoms with van der Waals surface area (Å²) in [6.07, 6.45) is 4.02. The molecule has 1 aliphatic heterocycles. The van der Waals surface area contributed by atoms with E-state index in [2.05, 4.69) is 37.1 Å². The number of anilines is 1. The molecule has 0 spiro atoms. The Hall–Kier alpha value is -2.66. The molecular formula is C17H20FN7O2S. The maximum absolute atomic E-state index is 14.1. The minimum atomic E-state index is -0.546. The zero-order chi connectivity index (χ0) is 19.8. The Labute approximate surface area is 164 Å². The second kappa shape index (κ2) is 7.40. The molecule has 11 heteroatoms. The molecule has 0 aromatic carbocycles. The first-order chi connectivity index (χ1) is 13.4. The van der Waals surface area contributed by atoms with Gasteiger partial charge in [-0.3, -0.25) is 9.69 Å². The monoisotopic (exact) mass is 405 g/mol. The molecule has 4 rings (SSSR count). The molecular weight excluding hydrogens is 385 g/mol. The van der Waals surface area contributed by atoms with Crippen LogP contribution < -0.4 is 10.1 Å². The van der Waals surface area contributed by atoms with Crippen molar-refractivity contribution in [3.8, 4) is 6.01 Å². The highest BCUT2D eigenvalue weighted by Gasteiger charge is 2.32. The van der Waals surface area contributed by atoms with E-state index in [1.54, 1.807) is 12.5 Å². The Bertz CT molecular complexity index is 1020. The number of halogens is 1. The fraction of sp³-hybridized carbons (Fsp3) is 0.471. The standard InChI is InChI=1S/C17H20FN7O2S/c1-9-4-11(27-16-19-5-12-15(23-16)24(3)8-20-12)6-25(9)7-13-14(18)22-17(28-13)21-10(2)26/h5,8-9,11H,4,6-7H2,1-3H3,(H,21,22,26)/t9-,11+/m0/s1. The van der Waals surface area contributed by atoms with Gasteiger partial charge in [0.15, 0.2) is 10.8 Å². The number of likely N-dealkylation sites (tertiary alicyclic amines) is 1. The summed E-state index contributed by atoms with van der Waals surface area (Å²) in [5, 5.41) is 2.80. The molecule has 4 heterocycles. The van der Waals surface area contributed by atoms with Crippen molar-refractivity contribution in [1.82, 2.24) is 29.4 Å². The van der Waals surface area contributed by atoms with Crippen LogP contribution in [0.5, 0.6) is 6.01 Å². The van der Waals surface area contributed by atoms with Crippen molar-refractivity contribution < 1.29 is 13.9 Å². The van der Waals surface area contributed by atoms with E-state index in [1.165, 1.54) is 6.92 Å². The van der Waals surface area contributed by atoms with Crippen molar-refractivity contribution in [2.75, 3.05) is 11.9 Å². The molecule has 9 nitrogen and oxygen atoms in total. The predicted octanol–water partition coefficient (Wildman–Crippen LogP) is 1.96.